The molecule has 2 aromatic carbocycles. The minimum Gasteiger partial charge on any atom is -0.326 e. The summed E-state index contributed by atoms with van der Waals surface area (Å²) in [6.45, 7) is -0.0357. The Labute approximate surface area is 170 Å². The quantitative estimate of drug-likeness (QED) is 0.647. The Hall–Kier alpha value is -3.52. The van der Waals surface area contributed by atoms with E-state index in [0.29, 0.717) is 11.4 Å². The van der Waals surface area contributed by atoms with E-state index in [9.17, 15) is 18.8 Å². The topological polar surface area (TPSA) is 93.1 Å². The summed E-state index contributed by atoms with van der Waals surface area (Å²) in [6, 6.07) is 15.1. The highest BCUT2D eigenvalue weighted by molar-refractivity contribution is 6.31. The van der Waals surface area contributed by atoms with Crippen LogP contribution in [-0.2, 0) is 11.3 Å². The third-order valence-corrected chi connectivity index (χ3v) is 4.17. The summed E-state index contributed by atoms with van der Waals surface area (Å²) in [5.74, 6) is -1.48. The van der Waals surface area contributed by atoms with Crippen molar-refractivity contribution in [2.75, 3.05) is 10.6 Å². The van der Waals surface area contributed by atoms with Crippen LogP contribution in [0.15, 0.2) is 65.5 Å². The molecule has 0 atom stereocenters. The summed E-state index contributed by atoms with van der Waals surface area (Å²) < 4.78 is 14.2. The van der Waals surface area contributed by atoms with Gasteiger partial charge in [-0.25, -0.2) is 9.07 Å². The van der Waals surface area contributed by atoms with Crippen molar-refractivity contribution < 1.29 is 14.0 Å². The predicted molar refractivity (Wildman–Crippen MR) is 108 cm³/mol. The van der Waals surface area contributed by atoms with Crippen LogP contribution >= 0.6 is 11.6 Å². The molecule has 2 N–H and O–H groups in total. The van der Waals surface area contributed by atoms with Gasteiger partial charge in [0.05, 0.1) is 11.6 Å². The highest BCUT2D eigenvalue weighted by Gasteiger charge is 2.11. The minimum absolute atomic E-state index is 0.0357. The molecule has 0 spiro atoms. The number of hydrogen-bond donors (Lipinski definition) is 2. The van der Waals surface area contributed by atoms with Crippen molar-refractivity contribution in [3.8, 4) is 0 Å². The Morgan fingerprint density at radius 3 is 2.48 bits per heavy atom. The highest BCUT2D eigenvalue weighted by Crippen LogP contribution is 2.19. The summed E-state index contributed by atoms with van der Waals surface area (Å²) in [4.78, 5) is 36.4. The molecule has 0 saturated carbocycles. The van der Waals surface area contributed by atoms with Crippen LogP contribution in [0.3, 0.4) is 0 Å². The number of anilines is 2. The second-order valence-corrected chi connectivity index (χ2v) is 6.43. The van der Waals surface area contributed by atoms with Gasteiger partial charge in [0, 0.05) is 23.9 Å². The Morgan fingerprint density at radius 1 is 1.00 bits per heavy atom. The zero-order valence-electron chi connectivity index (χ0n) is 15.1. The maximum atomic E-state index is 13.2. The van der Waals surface area contributed by atoms with Crippen LogP contribution in [0.4, 0.5) is 15.8 Å². The Balaban J connectivity index is 1.63. The van der Waals surface area contributed by atoms with E-state index >= 15 is 0 Å². The fourth-order valence-electron chi connectivity index (χ4n) is 2.45. The van der Waals surface area contributed by atoms with Gasteiger partial charge in [-0.3, -0.25) is 14.4 Å². The number of benzene rings is 2. The fraction of sp³-hybridized carbons (Fsp3) is 0.100. The van der Waals surface area contributed by atoms with Crippen molar-refractivity contribution in [1.82, 2.24) is 9.78 Å². The van der Waals surface area contributed by atoms with Gasteiger partial charge in [0.25, 0.3) is 11.5 Å². The molecule has 0 fully saturated rings. The van der Waals surface area contributed by atoms with E-state index in [1.165, 1.54) is 24.3 Å². The van der Waals surface area contributed by atoms with E-state index in [0.717, 1.165) is 10.7 Å². The van der Waals surface area contributed by atoms with Gasteiger partial charge in [0.2, 0.25) is 5.91 Å². The first-order valence-corrected chi connectivity index (χ1v) is 8.99. The number of hydrogen-bond acceptors (Lipinski definition) is 4. The number of amides is 2. The monoisotopic (exact) mass is 414 g/mol. The maximum Gasteiger partial charge on any atom is 0.276 e. The lowest BCUT2D eigenvalue weighted by atomic mass is 10.3. The van der Waals surface area contributed by atoms with Gasteiger partial charge < -0.3 is 10.6 Å². The maximum absolute atomic E-state index is 13.2. The van der Waals surface area contributed by atoms with Gasteiger partial charge in [0.1, 0.15) is 11.5 Å². The first-order chi connectivity index (χ1) is 13.9. The van der Waals surface area contributed by atoms with Crippen molar-refractivity contribution in [2.24, 2.45) is 0 Å². The summed E-state index contributed by atoms with van der Waals surface area (Å²) in [5.41, 5.74) is 0.519. The molecule has 148 valence electrons. The molecule has 0 aliphatic rings. The zero-order valence-corrected chi connectivity index (χ0v) is 15.8. The Bertz CT molecular complexity index is 1100. The average molecular weight is 415 g/mol. The first kappa shape index (κ1) is 20.2. The molecular weight excluding hydrogens is 399 g/mol. The summed E-state index contributed by atoms with van der Waals surface area (Å²) in [5, 5.41) is 9.13. The molecule has 7 nitrogen and oxygen atoms in total. The molecule has 9 heteroatoms. The number of carbonyl (C=O) groups is 2. The third kappa shape index (κ3) is 5.49. The Morgan fingerprint density at radius 2 is 1.76 bits per heavy atom. The van der Waals surface area contributed by atoms with E-state index in [1.807, 2.05) is 6.07 Å². The predicted octanol–water partition coefficient (Wildman–Crippen LogP) is 3.32. The summed E-state index contributed by atoms with van der Waals surface area (Å²) in [6.07, 6.45) is -0.0777. The van der Waals surface area contributed by atoms with Gasteiger partial charge in [-0.2, -0.15) is 5.10 Å². The van der Waals surface area contributed by atoms with E-state index in [4.69, 9.17) is 11.6 Å². The van der Waals surface area contributed by atoms with E-state index in [2.05, 4.69) is 15.7 Å². The van der Waals surface area contributed by atoms with Gasteiger partial charge in [-0.1, -0.05) is 29.8 Å². The van der Waals surface area contributed by atoms with Crippen LogP contribution in [0.1, 0.15) is 16.9 Å². The molecule has 0 radical (unpaired) electrons. The summed E-state index contributed by atoms with van der Waals surface area (Å²) >= 11 is 5.68. The fourth-order valence-corrected chi connectivity index (χ4v) is 2.63. The van der Waals surface area contributed by atoms with Crippen molar-refractivity contribution >= 4 is 34.8 Å². The summed E-state index contributed by atoms with van der Waals surface area (Å²) in [7, 11) is 0. The SMILES string of the molecule is O=C(CCn1nc(C(=O)Nc2ccccc2)ccc1=O)Nc1ccc(F)c(Cl)c1. The van der Waals surface area contributed by atoms with Crippen LogP contribution in [0.25, 0.3) is 0 Å². The number of aryl methyl sites for hydroxylation is 1. The number of para-hydroxylation sites is 1. The van der Waals surface area contributed by atoms with Gasteiger partial charge in [0.15, 0.2) is 0 Å². The Kier molecular flexibility index (Phi) is 6.36. The van der Waals surface area contributed by atoms with Crippen LogP contribution < -0.4 is 16.2 Å². The molecule has 0 saturated heterocycles. The molecule has 2 amide bonds. The molecule has 1 heterocycles. The largest absolute Gasteiger partial charge is 0.326 e. The lowest BCUT2D eigenvalue weighted by Gasteiger charge is -2.09. The lowest BCUT2D eigenvalue weighted by Crippen LogP contribution is -2.28. The highest BCUT2D eigenvalue weighted by atomic mass is 35.5. The van der Waals surface area contributed by atoms with Crippen molar-refractivity contribution in [1.29, 1.82) is 0 Å². The van der Waals surface area contributed by atoms with Gasteiger partial charge in [-0.05, 0) is 36.4 Å². The molecule has 0 bridgehead atoms. The van der Waals surface area contributed by atoms with Crippen molar-refractivity contribution in [3.63, 3.8) is 0 Å². The van der Waals surface area contributed by atoms with Crippen LogP contribution in [0.2, 0.25) is 5.02 Å². The standard InChI is InChI=1S/C20H16ClFN4O3/c21-15-12-14(6-7-16(15)22)23-18(27)10-11-26-19(28)9-8-17(25-26)20(29)24-13-4-2-1-3-5-13/h1-9,12H,10-11H2,(H,23,27)(H,24,29). The number of aromatic nitrogens is 2. The molecule has 1 aromatic heterocycles. The molecule has 0 aliphatic carbocycles. The average Bonchev–Trinajstić information content (AvgIpc) is 2.71. The number of nitrogens with zero attached hydrogens (tertiary/aromatic N) is 2. The van der Waals surface area contributed by atoms with Crippen molar-refractivity contribution in [2.45, 2.75) is 13.0 Å². The van der Waals surface area contributed by atoms with Gasteiger partial charge >= 0.3 is 0 Å². The molecule has 3 aromatic rings. The van der Waals surface area contributed by atoms with Crippen LogP contribution in [-0.4, -0.2) is 21.6 Å². The molecule has 29 heavy (non-hydrogen) atoms. The molecular formula is C20H16ClFN4O3. The zero-order chi connectivity index (χ0) is 20.8. The second kappa shape index (κ2) is 9.11. The van der Waals surface area contributed by atoms with E-state index in [-0.39, 0.29) is 23.7 Å². The van der Waals surface area contributed by atoms with Gasteiger partial charge in [-0.15, -0.1) is 0 Å². The third-order valence-electron chi connectivity index (χ3n) is 3.88. The molecule has 3 rings (SSSR count). The molecule has 0 aliphatic heterocycles. The van der Waals surface area contributed by atoms with Crippen LogP contribution in [0.5, 0.6) is 0 Å². The number of nitrogens with one attached hydrogen (secondary N) is 2. The first-order valence-electron chi connectivity index (χ1n) is 8.62. The minimum atomic E-state index is -0.592. The molecule has 0 unspecified atom stereocenters. The van der Waals surface area contributed by atoms with Crippen LogP contribution in [0, 0.1) is 5.82 Å². The number of carbonyl (C=O) groups excluding carboxylic acids is 2. The lowest BCUT2D eigenvalue weighted by molar-refractivity contribution is -0.116. The second-order valence-electron chi connectivity index (χ2n) is 6.03. The van der Waals surface area contributed by atoms with E-state index < -0.39 is 23.2 Å². The number of halogens is 2. The van der Waals surface area contributed by atoms with E-state index in [1.54, 1.807) is 24.3 Å². The normalized spacial score (nSPS) is 10.4. The van der Waals surface area contributed by atoms with Crippen molar-refractivity contribution in [3.05, 3.63) is 87.6 Å². The smallest absolute Gasteiger partial charge is 0.276 e. The number of rotatable bonds is 6.